The van der Waals surface area contributed by atoms with Crippen LogP contribution in [0.15, 0.2) is 140 Å². The van der Waals surface area contributed by atoms with Crippen molar-refractivity contribution in [3.8, 4) is 55.6 Å². The molecule has 1 heteroatoms. The number of hydrogen-bond acceptors (Lipinski definition) is 1. The molecule has 0 amide bonds. The van der Waals surface area contributed by atoms with Crippen LogP contribution in [0.3, 0.4) is 0 Å². The van der Waals surface area contributed by atoms with E-state index < -0.39 is 0 Å². The number of pyridine rings is 1. The van der Waals surface area contributed by atoms with Crippen molar-refractivity contribution >= 4 is 21.5 Å². The number of rotatable bonds is 3. The largest absolute Gasteiger partial charge is 0.265 e. The van der Waals surface area contributed by atoms with Crippen molar-refractivity contribution in [2.24, 2.45) is 0 Å². The molecule has 0 spiro atoms. The highest BCUT2D eigenvalue weighted by atomic mass is 14.6. The van der Waals surface area contributed by atoms with Gasteiger partial charge < -0.3 is 0 Å². The van der Waals surface area contributed by atoms with Crippen LogP contribution < -0.4 is 0 Å². The van der Waals surface area contributed by atoms with Crippen LogP contribution in [-0.4, -0.2) is 4.98 Å². The summed E-state index contributed by atoms with van der Waals surface area (Å²) in [7, 11) is 0. The molecule has 0 saturated carbocycles. The highest BCUT2D eigenvalue weighted by Gasteiger charge is 2.21. The Bertz CT molecular complexity index is 2000. The Morgan fingerprint density at radius 2 is 0.842 bits per heavy atom. The van der Waals surface area contributed by atoms with Crippen LogP contribution in [0.4, 0.5) is 0 Å². The third-order valence-corrected chi connectivity index (χ3v) is 7.89. The van der Waals surface area contributed by atoms with Crippen molar-refractivity contribution in [2.75, 3.05) is 0 Å². The summed E-state index contributed by atoms with van der Waals surface area (Å²) >= 11 is 0. The van der Waals surface area contributed by atoms with Crippen molar-refractivity contribution < 1.29 is 0 Å². The summed E-state index contributed by atoms with van der Waals surface area (Å²) in [5.74, 6) is 0. The van der Waals surface area contributed by atoms with E-state index in [1.165, 1.54) is 77.2 Å². The molecule has 0 radical (unpaired) electrons. The molecule has 8 rings (SSSR count). The lowest BCUT2D eigenvalue weighted by Crippen LogP contribution is -1.84. The molecular weight excluding hydrogens is 458 g/mol. The fourth-order valence-electron chi connectivity index (χ4n) is 5.99. The molecule has 1 aliphatic carbocycles. The highest BCUT2D eigenvalue weighted by molar-refractivity contribution is 6.16. The van der Waals surface area contributed by atoms with Crippen LogP contribution in [0, 0.1) is 0 Å². The number of nitrogens with zero attached hydrogens (tertiary/aromatic N) is 1. The Balaban J connectivity index is 1.17. The van der Waals surface area contributed by atoms with Gasteiger partial charge in [0.1, 0.15) is 0 Å². The zero-order chi connectivity index (χ0) is 25.1. The van der Waals surface area contributed by atoms with E-state index in [2.05, 4.69) is 120 Å². The number of benzene rings is 6. The van der Waals surface area contributed by atoms with Gasteiger partial charge in [0, 0.05) is 12.4 Å². The monoisotopic (exact) mass is 481 g/mol. The van der Waals surface area contributed by atoms with Crippen LogP contribution >= 0.6 is 0 Å². The second-order valence-corrected chi connectivity index (χ2v) is 10.1. The third kappa shape index (κ3) is 3.29. The van der Waals surface area contributed by atoms with Gasteiger partial charge in [0.05, 0.1) is 0 Å². The van der Waals surface area contributed by atoms with Crippen LogP contribution in [0.2, 0.25) is 0 Å². The normalized spacial score (nSPS) is 11.7. The molecule has 176 valence electrons. The van der Waals surface area contributed by atoms with Crippen molar-refractivity contribution in [2.45, 2.75) is 0 Å². The van der Waals surface area contributed by atoms with Gasteiger partial charge in [0.2, 0.25) is 0 Å². The lowest BCUT2D eigenvalue weighted by atomic mass is 9.94. The Morgan fingerprint density at radius 1 is 0.316 bits per heavy atom. The summed E-state index contributed by atoms with van der Waals surface area (Å²) in [6.45, 7) is 0. The molecule has 1 aromatic heterocycles. The molecule has 1 nitrogen and oxygen atoms in total. The topological polar surface area (TPSA) is 12.9 Å². The minimum absolute atomic E-state index is 1.18. The average molecular weight is 482 g/mol. The number of aromatic nitrogens is 1. The van der Waals surface area contributed by atoms with Crippen LogP contribution in [0.5, 0.6) is 0 Å². The summed E-state index contributed by atoms with van der Waals surface area (Å²) < 4.78 is 0. The minimum atomic E-state index is 1.18. The quantitative estimate of drug-likeness (QED) is 0.245. The summed E-state index contributed by atoms with van der Waals surface area (Å²) in [6, 6.07) is 46.6. The van der Waals surface area contributed by atoms with Gasteiger partial charge in [-0.2, -0.15) is 0 Å². The first kappa shape index (κ1) is 21.1. The zero-order valence-electron chi connectivity index (χ0n) is 20.7. The van der Waals surface area contributed by atoms with Gasteiger partial charge in [0.25, 0.3) is 0 Å². The summed E-state index contributed by atoms with van der Waals surface area (Å²) in [5, 5.41) is 5.18. The maximum absolute atomic E-state index is 4.12. The fourth-order valence-corrected chi connectivity index (χ4v) is 5.99. The maximum atomic E-state index is 4.12. The number of fused-ring (bicyclic) bond motifs is 4. The first-order chi connectivity index (χ1) is 18.8. The van der Waals surface area contributed by atoms with Gasteiger partial charge in [-0.1, -0.05) is 91.0 Å². The molecule has 38 heavy (non-hydrogen) atoms. The van der Waals surface area contributed by atoms with Crippen LogP contribution in [-0.2, 0) is 0 Å². The van der Waals surface area contributed by atoms with E-state index in [1.54, 1.807) is 0 Å². The Morgan fingerprint density at radius 3 is 1.55 bits per heavy atom. The van der Waals surface area contributed by atoms with E-state index in [9.17, 15) is 0 Å². The average Bonchev–Trinajstić information content (AvgIpc) is 3.32. The van der Waals surface area contributed by atoms with Gasteiger partial charge in [-0.05, 0) is 114 Å². The van der Waals surface area contributed by atoms with Gasteiger partial charge >= 0.3 is 0 Å². The molecule has 0 fully saturated rings. The smallest absolute Gasteiger partial charge is 0.0273 e. The SMILES string of the molecule is c1ccc2c(c1)-c1cccc3cc(-c4ccc5cc(-c6ccc(-c7ccncc7)cc6)ccc5c4)cc-2c13. The van der Waals surface area contributed by atoms with E-state index >= 15 is 0 Å². The molecule has 0 saturated heterocycles. The van der Waals surface area contributed by atoms with Gasteiger partial charge in [-0.15, -0.1) is 0 Å². The van der Waals surface area contributed by atoms with Gasteiger partial charge in [-0.3, -0.25) is 4.98 Å². The first-order valence-electron chi connectivity index (χ1n) is 13.0. The van der Waals surface area contributed by atoms with E-state index in [1.807, 2.05) is 24.5 Å². The highest BCUT2D eigenvalue weighted by Crippen LogP contribution is 2.48. The second-order valence-electron chi connectivity index (χ2n) is 10.1. The molecule has 0 aliphatic heterocycles. The standard InChI is InChI=1S/C37H23N/c1-2-6-34-33(5-1)35-7-3-4-31-22-32(23-36(34)37(31)35)30-15-14-28-20-27(12-13-29(28)21-30)25-10-8-24(9-11-25)26-16-18-38-19-17-26/h1-23H. The van der Waals surface area contributed by atoms with Crippen LogP contribution in [0.25, 0.3) is 77.2 Å². The zero-order valence-corrected chi connectivity index (χ0v) is 20.7. The molecule has 0 atom stereocenters. The molecule has 0 N–H and O–H groups in total. The minimum Gasteiger partial charge on any atom is -0.265 e. The fraction of sp³-hybridized carbons (Fsp3) is 0. The molecular formula is C37H23N. The molecule has 0 unspecified atom stereocenters. The predicted molar refractivity (Wildman–Crippen MR) is 160 cm³/mol. The molecule has 1 heterocycles. The van der Waals surface area contributed by atoms with Crippen molar-refractivity contribution in [1.29, 1.82) is 0 Å². The predicted octanol–water partition coefficient (Wildman–Crippen LogP) is 10.0. The summed E-state index contributed by atoms with van der Waals surface area (Å²) in [5.41, 5.74) is 12.7. The van der Waals surface area contributed by atoms with E-state index in [-0.39, 0.29) is 0 Å². The van der Waals surface area contributed by atoms with Crippen LogP contribution in [0.1, 0.15) is 0 Å². The Labute approximate surface area is 221 Å². The van der Waals surface area contributed by atoms with Crippen molar-refractivity contribution in [1.82, 2.24) is 4.98 Å². The van der Waals surface area contributed by atoms with Crippen molar-refractivity contribution in [3.05, 3.63) is 140 Å². The lowest BCUT2D eigenvalue weighted by Gasteiger charge is -2.10. The van der Waals surface area contributed by atoms with Gasteiger partial charge in [-0.25, -0.2) is 0 Å². The Kier molecular flexibility index (Phi) is 4.59. The molecule has 1 aliphatic rings. The number of hydrogen-bond donors (Lipinski definition) is 0. The Hall–Kier alpha value is -5.01. The summed E-state index contributed by atoms with van der Waals surface area (Å²) in [6.07, 6.45) is 3.67. The maximum Gasteiger partial charge on any atom is 0.0273 e. The van der Waals surface area contributed by atoms with E-state index in [4.69, 9.17) is 0 Å². The summed E-state index contributed by atoms with van der Waals surface area (Å²) in [4.78, 5) is 4.12. The molecule has 0 bridgehead atoms. The van der Waals surface area contributed by atoms with E-state index in [0.29, 0.717) is 0 Å². The second kappa shape index (κ2) is 8.26. The van der Waals surface area contributed by atoms with Crippen molar-refractivity contribution in [3.63, 3.8) is 0 Å². The van der Waals surface area contributed by atoms with E-state index in [0.717, 1.165) is 0 Å². The molecule has 7 aromatic rings. The first-order valence-corrected chi connectivity index (χ1v) is 13.0. The molecule has 6 aromatic carbocycles. The van der Waals surface area contributed by atoms with Gasteiger partial charge in [0.15, 0.2) is 0 Å². The third-order valence-electron chi connectivity index (χ3n) is 7.89. The lowest BCUT2D eigenvalue weighted by molar-refractivity contribution is 1.33.